The van der Waals surface area contributed by atoms with Gasteiger partial charge in [0.2, 0.25) is 11.7 Å². The third-order valence-corrected chi connectivity index (χ3v) is 4.40. The molecule has 0 bridgehead atoms. The van der Waals surface area contributed by atoms with Gasteiger partial charge in [-0.2, -0.15) is 0 Å². The number of carbonyl (C=O) groups is 3. The molecule has 3 rings (SSSR count). The molecule has 134 valence electrons. The van der Waals surface area contributed by atoms with Crippen LogP contribution < -0.4 is 10.2 Å². The Labute approximate surface area is 152 Å². The molecule has 0 radical (unpaired) electrons. The minimum absolute atomic E-state index is 0.164. The van der Waals surface area contributed by atoms with Gasteiger partial charge in [0, 0.05) is 37.4 Å². The third-order valence-electron chi connectivity index (χ3n) is 4.40. The Bertz CT molecular complexity index is 769. The molecule has 6 nitrogen and oxygen atoms in total. The van der Waals surface area contributed by atoms with Gasteiger partial charge in [0.15, 0.2) is 0 Å². The average Bonchev–Trinajstić information content (AvgIpc) is 2.72. The first-order chi connectivity index (χ1) is 12.6. The van der Waals surface area contributed by atoms with Gasteiger partial charge in [-0.25, -0.2) is 0 Å². The Morgan fingerprint density at radius 2 is 1.38 bits per heavy atom. The molecule has 2 aromatic rings. The fourth-order valence-electron chi connectivity index (χ4n) is 2.92. The van der Waals surface area contributed by atoms with Crippen LogP contribution in [0.4, 0.5) is 5.69 Å². The zero-order valence-corrected chi connectivity index (χ0v) is 14.4. The summed E-state index contributed by atoms with van der Waals surface area (Å²) in [5.74, 6) is -1.56. The smallest absolute Gasteiger partial charge is 0.292 e. The van der Waals surface area contributed by atoms with Gasteiger partial charge in [-0.1, -0.05) is 48.5 Å². The van der Waals surface area contributed by atoms with Crippen LogP contribution in [-0.2, 0) is 9.59 Å². The minimum atomic E-state index is -0.757. The van der Waals surface area contributed by atoms with Gasteiger partial charge in [-0.3, -0.25) is 14.4 Å². The van der Waals surface area contributed by atoms with E-state index in [1.54, 1.807) is 35.2 Å². The zero-order chi connectivity index (χ0) is 18.4. The first-order valence-electron chi connectivity index (χ1n) is 8.60. The van der Waals surface area contributed by atoms with Crippen LogP contribution in [-0.4, -0.2) is 55.2 Å². The number of piperazine rings is 1. The Hall–Kier alpha value is -3.15. The summed E-state index contributed by atoms with van der Waals surface area (Å²) in [6.45, 7) is 2.51. The molecule has 2 aromatic carbocycles. The molecule has 6 heteroatoms. The summed E-state index contributed by atoms with van der Waals surface area (Å²) >= 11 is 0. The van der Waals surface area contributed by atoms with E-state index in [4.69, 9.17) is 0 Å². The number of Topliss-reactive ketones (excluding diaryl/α,β-unsaturated/α-hetero) is 1. The highest BCUT2D eigenvalue weighted by atomic mass is 16.2. The topological polar surface area (TPSA) is 69.7 Å². The van der Waals surface area contributed by atoms with Gasteiger partial charge in [0.1, 0.15) is 0 Å². The van der Waals surface area contributed by atoms with Crippen molar-refractivity contribution < 1.29 is 14.4 Å². The molecular weight excluding hydrogens is 330 g/mol. The second kappa shape index (κ2) is 8.29. The second-order valence-corrected chi connectivity index (χ2v) is 6.08. The monoisotopic (exact) mass is 351 g/mol. The van der Waals surface area contributed by atoms with E-state index in [0.717, 1.165) is 18.8 Å². The van der Waals surface area contributed by atoms with Crippen molar-refractivity contribution >= 4 is 23.3 Å². The molecule has 0 saturated carbocycles. The summed E-state index contributed by atoms with van der Waals surface area (Å²) in [6, 6.07) is 18.4. The number of hydrogen-bond donors (Lipinski definition) is 1. The lowest BCUT2D eigenvalue weighted by Crippen LogP contribution is -2.51. The Morgan fingerprint density at radius 3 is 2.00 bits per heavy atom. The van der Waals surface area contributed by atoms with Gasteiger partial charge in [0.05, 0.1) is 6.54 Å². The van der Waals surface area contributed by atoms with Gasteiger partial charge in [0.25, 0.3) is 5.91 Å². The van der Waals surface area contributed by atoms with Crippen molar-refractivity contribution in [1.82, 2.24) is 10.2 Å². The van der Waals surface area contributed by atoms with Gasteiger partial charge in [-0.05, 0) is 12.1 Å². The number of ketones is 1. The van der Waals surface area contributed by atoms with E-state index in [-0.39, 0.29) is 12.5 Å². The van der Waals surface area contributed by atoms with E-state index in [1.165, 1.54) is 0 Å². The highest BCUT2D eigenvalue weighted by Crippen LogP contribution is 2.15. The van der Waals surface area contributed by atoms with E-state index >= 15 is 0 Å². The van der Waals surface area contributed by atoms with Crippen LogP contribution in [0.1, 0.15) is 10.4 Å². The van der Waals surface area contributed by atoms with Crippen LogP contribution in [0.3, 0.4) is 0 Å². The van der Waals surface area contributed by atoms with Gasteiger partial charge >= 0.3 is 0 Å². The lowest BCUT2D eigenvalue weighted by atomic mass is 10.1. The van der Waals surface area contributed by atoms with Crippen molar-refractivity contribution in [2.75, 3.05) is 37.6 Å². The molecule has 1 heterocycles. The summed E-state index contributed by atoms with van der Waals surface area (Å²) in [5, 5.41) is 2.43. The Morgan fingerprint density at radius 1 is 0.808 bits per heavy atom. The van der Waals surface area contributed by atoms with Crippen molar-refractivity contribution in [3.8, 4) is 0 Å². The first kappa shape index (κ1) is 17.7. The number of para-hydroxylation sites is 1. The van der Waals surface area contributed by atoms with E-state index in [1.807, 2.05) is 30.3 Å². The second-order valence-electron chi connectivity index (χ2n) is 6.08. The predicted octanol–water partition coefficient (Wildman–Crippen LogP) is 1.33. The molecule has 0 aliphatic carbocycles. The normalized spacial score (nSPS) is 14.0. The fourth-order valence-corrected chi connectivity index (χ4v) is 2.92. The van der Waals surface area contributed by atoms with Gasteiger partial charge in [-0.15, -0.1) is 0 Å². The first-order valence-corrected chi connectivity index (χ1v) is 8.60. The van der Waals surface area contributed by atoms with Crippen LogP contribution in [0.25, 0.3) is 0 Å². The molecule has 0 unspecified atom stereocenters. The van der Waals surface area contributed by atoms with Crippen molar-refractivity contribution in [3.05, 3.63) is 66.2 Å². The molecule has 0 aromatic heterocycles. The molecule has 2 amide bonds. The number of nitrogens with zero attached hydrogens (tertiary/aromatic N) is 2. The lowest BCUT2D eigenvalue weighted by molar-refractivity contribution is -0.132. The summed E-state index contributed by atoms with van der Waals surface area (Å²) in [5.41, 5.74) is 1.45. The van der Waals surface area contributed by atoms with Crippen LogP contribution >= 0.6 is 0 Å². The molecular formula is C20H21N3O3. The molecule has 0 spiro atoms. The van der Waals surface area contributed by atoms with Crippen molar-refractivity contribution in [3.63, 3.8) is 0 Å². The maximum atomic E-state index is 12.3. The standard InChI is InChI=1S/C20H21N3O3/c24-18(15-21-20(26)19(25)16-7-3-1-4-8-16)23-13-11-22(12-14-23)17-9-5-2-6-10-17/h1-10H,11-15H2,(H,21,26). The number of benzene rings is 2. The third kappa shape index (κ3) is 4.27. The Balaban J connectivity index is 1.46. The SMILES string of the molecule is O=C(NCC(=O)N1CCN(c2ccccc2)CC1)C(=O)c1ccccc1. The molecule has 1 aliphatic heterocycles. The maximum Gasteiger partial charge on any atom is 0.292 e. The minimum Gasteiger partial charge on any atom is -0.368 e. The van der Waals surface area contributed by atoms with E-state index in [0.29, 0.717) is 18.7 Å². The summed E-state index contributed by atoms with van der Waals surface area (Å²) in [7, 11) is 0. The number of carbonyl (C=O) groups excluding carboxylic acids is 3. The van der Waals surface area contributed by atoms with Crippen LogP contribution in [0.15, 0.2) is 60.7 Å². The number of nitrogens with one attached hydrogen (secondary N) is 1. The van der Waals surface area contributed by atoms with E-state index in [9.17, 15) is 14.4 Å². The highest BCUT2D eigenvalue weighted by Gasteiger charge is 2.23. The van der Waals surface area contributed by atoms with E-state index < -0.39 is 11.7 Å². The summed E-state index contributed by atoms with van der Waals surface area (Å²) in [6.07, 6.45) is 0. The molecule has 1 aliphatic rings. The van der Waals surface area contributed by atoms with Gasteiger partial charge < -0.3 is 15.1 Å². The van der Waals surface area contributed by atoms with Crippen molar-refractivity contribution in [1.29, 1.82) is 0 Å². The highest BCUT2D eigenvalue weighted by molar-refractivity contribution is 6.43. The number of rotatable bonds is 5. The van der Waals surface area contributed by atoms with Crippen LogP contribution in [0.5, 0.6) is 0 Å². The molecule has 0 atom stereocenters. The number of anilines is 1. The number of hydrogen-bond acceptors (Lipinski definition) is 4. The molecule has 26 heavy (non-hydrogen) atoms. The lowest BCUT2D eigenvalue weighted by Gasteiger charge is -2.36. The summed E-state index contributed by atoms with van der Waals surface area (Å²) in [4.78, 5) is 40.1. The van der Waals surface area contributed by atoms with Crippen molar-refractivity contribution in [2.24, 2.45) is 0 Å². The molecule has 1 saturated heterocycles. The summed E-state index contributed by atoms with van der Waals surface area (Å²) < 4.78 is 0. The maximum absolute atomic E-state index is 12.3. The predicted molar refractivity (Wildman–Crippen MR) is 99.0 cm³/mol. The van der Waals surface area contributed by atoms with Crippen molar-refractivity contribution in [2.45, 2.75) is 0 Å². The zero-order valence-electron chi connectivity index (χ0n) is 14.4. The van der Waals surface area contributed by atoms with E-state index in [2.05, 4.69) is 10.2 Å². The fraction of sp³-hybridized carbons (Fsp3) is 0.250. The average molecular weight is 351 g/mol. The Kier molecular flexibility index (Phi) is 5.63. The number of amides is 2. The largest absolute Gasteiger partial charge is 0.368 e. The molecule has 1 fully saturated rings. The quantitative estimate of drug-likeness (QED) is 0.652. The van der Waals surface area contributed by atoms with Crippen LogP contribution in [0, 0.1) is 0 Å². The van der Waals surface area contributed by atoms with Crippen LogP contribution in [0.2, 0.25) is 0 Å². The molecule has 1 N–H and O–H groups in total.